The van der Waals surface area contributed by atoms with E-state index in [0.29, 0.717) is 6.61 Å². The number of benzene rings is 2. The molecular formula is C17H15NO2. The van der Waals surface area contributed by atoms with Gasteiger partial charge in [-0.25, -0.2) is 0 Å². The van der Waals surface area contributed by atoms with Crippen LogP contribution in [0.15, 0.2) is 54.9 Å². The van der Waals surface area contributed by atoms with E-state index in [1.807, 2.05) is 37.4 Å². The van der Waals surface area contributed by atoms with Gasteiger partial charge in [0.25, 0.3) is 0 Å². The summed E-state index contributed by atoms with van der Waals surface area (Å²) >= 11 is 0. The van der Waals surface area contributed by atoms with Crippen LogP contribution in [0, 0.1) is 6.92 Å². The van der Waals surface area contributed by atoms with Crippen LogP contribution in [0.5, 0.6) is 11.5 Å². The summed E-state index contributed by atoms with van der Waals surface area (Å²) in [5, 5.41) is 11.5. The van der Waals surface area contributed by atoms with Crippen molar-refractivity contribution in [2.75, 3.05) is 0 Å². The van der Waals surface area contributed by atoms with Gasteiger partial charge in [-0.1, -0.05) is 12.1 Å². The van der Waals surface area contributed by atoms with Crippen molar-refractivity contribution < 1.29 is 9.84 Å². The van der Waals surface area contributed by atoms with Crippen LogP contribution in [0.25, 0.3) is 10.8 Å². The van der Waals surface area contributed by atoms with Crippen molar-refractivity contribution in [3.8, 4) is 11.5 Å². The molecule has 0 amide bonds. The SMILES string of the molecule is Cc1cncc(COc2ccc3ccc(O)cc3c2)c1. The highest BCUT2D eigenvalue weighted by atomic mass is 16.5. The third kappa shape index (κ3) is 2.72. The highest BCUT2D eigenvalue weighted by molar-refractivity contribution is 5.85. The van der Waals surface area contributed by atoms with Gasteiger partial charge in [0.15, 0.2) is 0 Å². The Balaban J connectivity index is 1.80. The second-order valence-corrected chi connectivity index (χ2v) is 4.85. The van der Waals surface area contributed by atoms with Gasteiger partial charge in [-0.3, -0.25) is 4.98 Å². The fourth-order valence-electron chi connectivity index (χ4n) is 2.17. The van der Waals surface area contributed by atoms with Crippen LogP contribution in [-0.2, 0) is 6.61 Å². The summed E-state index contributed by atoms with van der Waals surface area (Å²) in [5.41, 5.74) is 2.16. The lowest BCUT2D eigenvalue weighted by Gasteiger charge is -2.08. The number of rotatable bonds is 3. The van der Waals surface area contributed by atoms with Crippen LogP contribution in [-0.4, -0.2) is 10.1 Å². The lowest BCUT2D eigenvalue weighted by Crippen LogP contribution is -1.96. The van der Waals surface area contributed by atoms with E-state index < -0.39 is 0 Å². The van der Waals surface area contributed by atoms with Gasteiger partial charge in [-0.15, -0.1) is 0 Å². The van der Waals surface area contributed by atoms with Crippen molar-refractivity contribution in [3.63, 3.8) is 0 Å². The molecule has 0 aliphatic heterocycles. The zero-order chi connectivity index (χ0) is 13.9. The summed E-state index contributed by atoms with van der Waals surface area (Å²) in [6.07, 6.45) is 3.63. The average Bonchev–Trinajstić information content (AvgIpc) is 2.45. The second-order valence-electron chi connectivity index (χ2n) is 4.85. The number of hydrogen-bond acceptors (Lipinski definition) is 3. The highest BCUT2D eigenvalue weighted by Gasteiger charge is 2.00. The first kappa shape index (κ1) is 12.5. The fourth-order valence-corrected chi connectivity index (χ4v) is 2.17. The van der Waals surface area contributed by atoms with Crippen molar-refractivity contribution in [2.45, 2.75) is 13.5 Å². The molecule has 2 aromatic carbocycles. The number of ether oxygens (including phenoxy) is 1. The summed E-state index contributed by atoms with van der Waals surface area (Å²) in [5.74, 6) is 1.04. The molecular weight excluding hydrogens is 250 g/mol. The molecule has 0 saturated heterocycles. The number of aryl methyl sites for hydroxylation is 1. The maximum Gasteiger partial charge on any atom is 0.120 e. The summed E-state index contributed by atoms with van der Waals surface area (Å²) < 4.78 is 5.77. The predicted octanol–water partition coefficient (Wildman–Crippen LogP) is 3.83. The quantitative estimate of drug-likeness (QED) is 0.782. The molecule has 1 heterocycles. The number of aromatic hydroxyl groups is 1. The van der Waals surface area contributed by atoms with Crippen molar-refractivity contribution in [2.24, 2.45) is 0 Å². The van der Waals surface area contributed by atoms with Gasteiger partial charge in [0.1, 0.15) is 18.1 Å². The Kier molecular flexibility index (Phi) is 3.25. The first-order valence-corrected chi connectivity index (χ1v) is 6.47. The highest BCUT2D eigenvalue weighted by Crippen LogP contribution is 2.24. The molecule has 3 nitrogen and oxygen atoms in total. The molecule has 20 heavy (non-hydrogen) atoms. The molecule has 0 aliphatic carbocycles. The summed E-state index contributed by atoms with van der Waals surface area (Å²) in [6.45, 7) is 2.49. The largest absolute Gasteiger partial charge is 0.508 e. The van der Waals surface area contributed by atoms with E-state index in [4.69, 9.17) is 4.74 Å². The van der Waals surface area contributed by atoms with E-state index in [1.165, 1.54) is 0 Å². The first-order valence-electron chi connectivity index (χ1n) is 6.47. The van der Waals surface area contributed by atoms with Crippen molar-refractivity contribution >= 4 is 10.8 Å². The molecule has 1 aromatic heterocycles. The molecule has 3 heteroatoms. The fraction of sp³-hybridized carbons (Fsp3) is 0.118. The Labute approximate surface area is 117 Å². The monoisotopic (exact) mass is 265 g/mol. The molecule has 0 saturated carbocycles. The molecule has 0 fully saturated rings. The third-order valence-corrected chi connectivity index (χ3v) is 3.13. The number of phenolic OH excluding ortho intramolecular Hbond substituents is 1. The maximum absolute atomic E-state index is 9.51. The Morgan fingerprint density at radius 1 is 1.00 bits per heavy atom. The summed E-state index contributed by atoms with van der Waals surface area (Å²) in [4.78, 5) is 4.14. The maximum atomic E-state index is 9.51. The van der Waals surface area contributed by atoms with Crippen LogP contribution in [0.1, 0.15) is 11.1 Å². The molecule has 0 bridgehead atoms. The Hall–Kier alpha value is -2.55. The Morgan fingerprint density at radius 3 is 2.70 bits per heavy atom. The van der Waals surface area contributed by atoms with E-state index >= 15 is 0 Å². The van der Waals surface area contributed by atoms with Crippen LogP contribution in [0.2, 0.25) is 0 Å². The molecule has 3 aromatic rings. The van der Waals surface area contributed by atoms with Gasteiger partial charge in [0.05, 0.1) is 0 Å². The average molecular weight is 265 g/mol. The number of fused-ring (bicyclic) bond motifs is 1. The molecule has 0 radical (unpaired) electrons. The zero-order valence-corrected chi connectivity index (χ0v) is 11.2. The van der Waals surface area contributed by atoms with Gasteiger partial charge < -0.3 is 9.84 Å². The van der Waals surface area contributed by atoms with Crippen LogP contribution >= 0.6 is 0 Å². The van der Waals surface area contributed by atoms with E-state index in [9.17, 15) is 5.11 Å². The van der Waals surface area contributed by atoms with E-state index in [1.54, 1.807) is 18.3 Å². The summed E-state index contributed by atoms with van der Waals surface area (Å²) in [7, 11) is 0. The molecule has 0 atom stereocenters. The van der Waals surface area contributed by atoms with E-state index in [2.05, 4.69) is 11.1 Å². The number of nitrogens with zero attached hydrogens (tertiary/aromatic N) is 1. The molecule has 0 aliphatic rings. The Morgan fingerprint density at radius 2 is 1.85 bits per heavy atom. The third-order valence-electron chi connectivity index (χ3n) is 3.13. The van der Waals surface area contributed by atoms with Crippen molar-refractivity contribution in [3.05, 3.63) is 66.0 Å². The van der Waals surface area contributed by atoms with E-state index in [-0.39, 0.29) is 5.75 Å². The Bertz CT molecular complexity index is 753. The second kappa shape index (κ2) is 5.21. The first-order chi connectivity index (χ1) is 9.70. The standard InChI is InChI=1S/C17H15NO2/c1-12-6-13(10-18-9-12)11-20-17-5-3-14-2-4-16(19)7-15(14)8-17/h2-10,19H,11H2,1H3. The smallest absolute Gasteiger partial charge is 0.120 e. The number of aromatic nitrogens is 1. The topological polar surface area (TPSA) is 42.4 Å². The number of pyridine rings is 1. The van der Waals surface area contributed by atoms with Crippen LogP contribution in [0.4, 0.5) is 0 Å². The van der Waals surface area contributed by atoms with E-state index in [0.717, 1.165) is 27.6 Å². The number of phenols is 1. The van der Waals surface area contributed by atoms with Crippen molar-refractivity contribution in [1.82, 2.24) is 4.98 Å². The van der Waals surface area contributed by atoms with Gasteiger partial charge >= 0.3 is 0 Å². The minimum absolute atomic E-state index is 0.262. The van der Waals surface area contributed by atoms with Crippen LogP contribution < -0.4 is 4.74 Å². The van der Waals surface area contributed by atoms with Crippen molar-refractivity contribution in [1.29, 1.82) is 0 Å². The van der Waals surface area contributed by atoms with Crippen LogP contribution in [0.3, 0.4) is 0 Å². The number of hydrogen-bond donors (Lipinski definition) is 1. The molecule has 3 rings (SSSR count). The van der Waals surface area contributed by atoms with Gasteiger partial charge in [-0.2, -0.15) is 0 Å². The summed E-state index contributed by atoms with van der Waals surface area (Å²) in [6, 6.07) is 13.2. The lowest BCUT2D eigenvalue weighted by atomic mass is 10.1. The molecule has 0 unspecified atom stereocenters. The zero-order valence-electron chi connectivity index (χ0n) is 11.2. The normalized spacial score (nSPS) is 10.7. The lowest BCUT2D eigenvalue weighted by molar-refractivity contribution is 0.306. The molecule has 100 valence electrons. The van der Waals surface area contributed by atoms with Gasteiger partial charge in [0.2, 0.25) is 0 Å². The predicted molar refractivity (Wildman–Crippen MR) is 78.9 cm³/mol. The molecule has 0 spiro atoms. The minimum Gasteiger partial charge on any atom is -0.508 e. The molecule has 1 N–H and O–H groups in total. The minimum atomic E-state index is 0.262. The van der Waals surface area contributed by atoms with Gasteiger partial charge in [-0.05, 0) is 53.6 Å². The van der Waals surface area contributed by atoms with Gasteiger partial charge in [0, 0.05) is 18.0 Å².